The van der Waals surface area contributed by atoms with Crippen LogP contribution in [-0.2, 0) is 0 Å². The number of aromatic nitrogens is 1. The number of nitriles is 1. The Morgan fingerprint density at radius 1 is 1.30 bits per heavy atom. The van der Waals surface area contributed by atoms with Crippen LogP contribution < -0.4 is 0 Å². The second kappa shape index (κ2) is 6.59. The van der Waals surface area contributed by atoms with E-state index in [2.05, 4.69) is 11.1 Å². The quantitative estimate of drug-likeness (QED) is 0.731. The SMILES string of the molecule is CN(CCC#N)C(=O)c1cc(-c2cccs2)nc2ccccc12. The molecule has 5 heteroatoms. The number of pyridine rings is 1. The van der Waals surface area contributed by atoms with E-state index < -0.39 is 0 Å². The fourth-order valence-corrected chi connectivity index (χ4v) is 3.11. The molecule has 0 N–H and O–H groups in total. The van der Waals surface area contributed by atoms with E-state index in [1.807, 2.05) is 47.8 Å². The number of fused-ring (bicyclic) bond motifs is 1. The molecule has 0 aliphatic heterocycles. The molecule has 0 saturated heterocycles. The largest absolute Gasteiger partial charge is 0.341 e. The van der Waals surface area contributed by atoms with Gasteiger partial charge in [-0.05, 0) is 23.6 Å². The van der Waals surface area contributed by atoms with Crippen LogP contribution in [0.15, 0.2) is 47.8 Å². The standard InChI is InChI=1S/C18H15N3OS/c1-21(10-5-9-19)18(22)14-12-16(17-8-4-11-23-17)20-15-7-3-2-6-13(14)15/h2-4,6-8,11-12H,5,10H2,1H3. The summed E-state index contributed by atoms with van der Waals surface area (Å²) in [6.07, 6.45) is 0.322. The lowest BCUT2D eigenvalue weighted by atomic mass is 10.1. The summed E-state index contributed by atoms with van der Waals surface area (Å²) in [7, 11) is 1.72. The summed E-state index contributed by atoms with van der Waals surface area (Å²) in [5, 5.41) is 11.5. The van der Waals surface area contributed by atoms with Gasteiger partial charge < -0.3 is 4.90 Å². The van der Waals surface area contributed by atoms with Gasteiger partial charge in [0.25, 0.3) is 5.91 Å². The van der Waals surface area contributed by atoms with Crippen molar-refractivity contribution >= 4 is 28.1 Å². The number of benzene rings is 1. The zero-order chi connectivity index (χ0) is 16.2. The molecule has 3 aromatic rings. The molecule has 1 aromatic carbocycles. The van der Waals surface area contributed by atoms with Crippen molar-refractivity contribution in [2.24, 2.45) is 0 Å². The van der Waals surface area contributed by atoms with E-state index in [1.54, 1.807) is 23.3 Å². The van der Waals surface area contributed by atoms with Crippen LogP contribution in [0.25, 0.3) is 21.5 Å². The predicted molar refractivity (Wildman–Crippen MR) is 92.2 cm³/mol. The highest BCUT2D eigenvalue weighted by Gasteiger charge is 2.17. The Labute approximate surface area is 138 Å². The van der Waals surface area contributed by atoms with Gasteiger partial charge in [-0.15, -0.1) is 11.3 Å². The maximum Gasteiger partial charge on any atom is 0.254 e. The van der Waals surface area contributed by atoms with Gasteiger partial charge in [0.05, 0.1) is 34.1 Å². The van der Waals surface area contributed by atoms with Crippen molar-refractivity contribution in [3.05, 3.63) is 53.4 Å². The van der Waals surface area contributed by atoms with Gasteiger partial charge in [-0.2, -0.15) is 5.26 Å². The molecule has 1 amide bonds. The maximum absolute atomic E-state index is 12.8. The molecule has 4 nitrogen and oxygen atoms in total. The lowest BCUT2D eigenvalue weighted by Gasteiger charge is -2.17. The Balaban J connectivity index is 2.11. The number of nitrogens with zero attached hydrogens (tertiary/aromatic N) is 3. The molecule has 0 radical (unpaired) electrons. The number of carbonyl (C=O) groups excluding carboxylic acids is 1. The van der Waals surface area contributed by atoms with Crippen molar-refractivity contribution in [2.45, 2.75) is 6.42 Å². The summed E-state index contributed by atoms with van der Waals surface area (Å²) in [5.74, 6) is -0.0864. The molecule has 2 aromatic heterocycles. The summed E-state index contributed by atoms with van der Waals surface area (Å²) in [6, 6.07) is 15.5. The monoisotopic (exact) mass is 321 g/mol. The molecule has 0 saturated carbocycles. The van der Waals surface area contributed by atoms with Crippen molar-refractivity contribution in [3.63, 3.8) is 0 Å². The molecule has 0 aliphatic carbocycles. The van der Waals surface area contributed by atoms with Crippen molar-refractivity contribution in [1.29, 1.82) is 5.26 Å². The van der Waals surface area contributed by atoms with E-state index in [1.165, 1.54) is 0 Å². The van der Waals surface area contributed by atoms with Gasteiger partial charge in [-0.1, -0.05) is 24.3 Å². The van der Waals surface area contributed by atoms with Crippen molar-refractivity contribution in [1.82, 2.24) is 9.88 Å². The third-order valence-electron chi connectivity index (χ3n) is 3.63. The summed E-state index contributed by atoms with van der Waals surface area (Å²) in [5.41, 5.74) is 2.23. The maximum atomic E-state index is 12.8. The number of thiophene rings is 1. The van der Waals surface area contributed by atoms with Gasteiger partial charge in [-0.3, -0.25) is 4.79 Å². The Kier molecular flexibility index (Phi) is 4.35. The van der Waals surface area contributed by atoms with Crippen LogP contribution in [0.4, 0.5) is 0 Å². The van der Waals surface area contributed by atoms with Gasteiger partial charge in [0.1, 0.15) is 0 Å². The second-order valence-electron chi connectivity index (χ2n) is 5.18. The van der Waals surface area contributed by atoms with Crippen LogP contribution in [0.5, 0.6) is 0 Å². The van der Waals surface area contributed by atoms with E-state index in [0.717, 1.165) is 21.5 Å². The van der Waals surface area contributed by atoms with Crippen LogP contribution in [0.3, 0.4) is 0 Å². The van der Waals surface area contributed by atoms with E-state index >= 15 is 0 Å². The zero-order valence-electron chi connectivity index (χ0n) is 12.7. The fourth-order valence-electron chi connectivity index (χ4n) is 2.43. The molecule has 23 heavy (non-hydrogen) atoms. The van der Waals surface area contributed by atoms with E-state index in [-0.39, 0.29) is 5.91 Å². The van der Waals surface area contributed by atoms with Crippen molar-refractivity contribution in [2.75, 3.05) is 13.6 Å². The predicted octanol–water partition coefficient (Wildman–Crippen LogP) is 3.95. The molecule has 3 rings (SSSR count). The molecular weight excluding hydrogens is 306 g/mol. The third-order valence-corrected chi connectivity index (χ3v) is 4.52. The third kappa shape index (κ3) is 3.08. The van der Waals surface area contributed by atoms with Gasteiger partial charge in [0.15, 0.2) is 0 Å². The Hall–Kier alpha value is -2.71. The fraction of sp³-hybridized carbons (Fsp3) is 0.167. The smallest absolute Gasteiger partial charge is 0.254 e. The normalized spacial score (nSPS) is 10.4. The lowest BCUT2D eigenvalue weighted by Crippen LogP contribution is -2.27. The van der Waals surface area contributed by atoms with E-state index in [0.29, 0.717) is 18.5 Å². The molecule has 2 heterocycles. The highest BCUT2D eigenvalue weighted by atomic mass is 32.1. The Bertz CT molecular complexity index is 881. The number of amides is 1. The van der Waals surface area contributed by atoms with Gasteiger partial charge >= 0.3 is 0 Å². The van der Waals surface area contributed by atoms with E-state index in [4.69, 9.17) is 5.26 Å². The first-order valence-corrected chi connectivity index (χ1v) is 8.15. The molecule has 114 valence electrons. The minimum atomic E-state index is -0.0864. The van der Waals surface area contributed by atoms with Gasteiger partial charge in [0, 0.05) is 19.0 Å². The Morgan fingerprint density at radius 2 is 2.13 bits per heavy atom. The molecule has 0 unspecified atom stereocenters. The summed E-state index contributed by atoms with van der Waals surface area (Å²) in [6.45, 7) is 0.417. The topological polar surface area (TPSA) is 57.0 Å². The van der Waals surface area contributed by atoms with Crippen LogP contribution >= 0.6 is 11.3 Å². The molecular formula is C18H15N3OS. The Morgan fingerprint density at radius 3 is 2.87 bits per heavy atom. The van der Waals surface area contributed by atoms with Crippen LogP contribution in [0.1, 0.15) is 16.8 Å². The van der Waals surface area contributed by atoms with Gasteiger partial charge in [-0.25, -0.2) is 4.98 Å². The molecule has 0 aliphatic rings. The number of hydrogen-bond acceptors (Lipinski definition) is 4. The van der Waals surface area contributed by atoms with Crippen LogP contribution in [-0.4, -0.2) is 29.4 Å². The molecule has 0 spiro atoms. The highest BCUT2D eigenvalue weighted by molar-refractivity contribution is 7.13. The second-order valence-corrected chi connectivity index (χ2v) is 6.13. The lowest BCUT2D eigenvalue weighted by molar-refractivity contribution is 0.0800. The molecule has 0 atom stereocenters. The van der Waals surface area contributed by atoms with Crippen LogP contribution in [0.2, 0.25) is 0 Å². The first-order valence-electron chi connectivity index (χ1n) is 7.27. The van der Waals surface area contributed by atoms with Gasteiger partial charge in [0.2, 0.25) is 0 Å². The van der Waals surface area contributed by atoms with Crippen molar-refractivity contribution in [3.8, 4) is 16.6 Å². The summed E-state index contributed by atoms with van der Waals surface area (Å²) < 4.78 is 0. The molecule has 0 bridgehead atoms. The first kappa shape index (κ1) is 15.2. The molecule has 0 fully saturated rings. The zero-order valence-corrected chi connectivity index (χ0v) is 13.5. The summed E-state index contributed by atoms with van der Waals surface area (Å²) >= 11 is 1.60. The minimum Gasteiger partial charge on any atom is -0.341 e. The average Bonchev–Trinajstić information content (AvgIpc) is 3.12. The number of rotatable bonds is 4. The number of hydrogen-bond donors (Lipinski definition) is 0. The summed E-state index contributed by atoms with van der Waals surface area (Å²) in [4.78, 5) is 20.1. The van der Waals surface area contributed by atoms with E-state index in [9.17, 15) is 4.79 Å². The first-order chi connectivity index (χ1) is 11.2. The highest BCUT2D eigenvalue weighted by Crippen LogP contribution is 2.28. The number of carbonyl (C=O) groups is 1. The average molecular weight is 321 g/mol. The number of para-hydroxylation sites is 1. The van der Waals surface area contributed by atoms with Crippen molar-refractivity contribution < 1.29 is 4.79 Å². The van der Waals surface area contributed by atoms with Crippen LogP contribution in [0, 0.1) is 11.3 Å². The minimum absolute atomic E-state index is 0.0864.